The van der Waals surface area contributed by atoms with Crippen molar-refractivity contribution in [3.8, 4) is 0 Å². The summed E-state index contributed by atoms with van der Waals surface area (Å²) in [6.45, 7) is 3.43. The van der Waals surface area contributed by atoms with Crippen LogP contribution in [0.3, 0.4) is 0 Å². The summed E-state index contributed by atoms with van der Waals surface area (Å²) >= 11 is 0. The van der Waals surface area contributed by atoms with Crippen LogP contribution >= 0.6 is 0 Å². The van der Waals surface area contributed by atoms with Crippen molar-refractivity contribution in [1.82, 2.24) is 0 Å². The van der Waals surface area contributed by atoms with Crippen molar-refractivity contribution < 1.29 is 32.9 Å². The minimum absolute atomic E-state index is 0. The molecule has 1 aromatic rings. The standard InChI is InChI=1S/C12H11O3.V/c1-3-6-11(13)9-7-4-5-8-10(9)12(14)15-2;/h3-8H,1H2,2H3;/q-1;/b6-3+;. The van der Waals surface area contributed by atoms with Gasteiger partial charge in [0.15, 0.2) is 0 Å². The van der Waals surface area contributed by atoms with Gasteiger partial charge >= 0.3 is 5.97 Å². The number of ketones is 1. The van der Waals surface area contributed by atoms with Crippen LogP contribution in [0.25, 0.3) is 0 Å². The van der Waals surface area contributed by atoms with Gasteiger partial charge in [0.05, 0.1) is 12.7 Å². The topological polar surface area (TPSA) is 43.4 Å². The quantitative estimate of drug-likeness (QED) is 0.359. The van der Waals surface area contributed by atoms with Gasteiger partial charge in [-0.2, -0.15) is 6.08 Å². The first-order valence-corrected chi connectivity index (χ1v) is 4.38. The molecular formula is C12H11O3V-. The molecule has 4 heteroatoms. The van der Waals surface area contributed by atoms with Crippen LogP contribution in [0.1, 0.15) is 20.7 Å². The molecule has 0 aliphatic heterocycles. The van der Waals surface area contributed by atoms with Gasteiger partial charge in [-0.3, -0.25) is 0 Å². The van der Waals surface area contributed by atoms with E-state index in [9.17, 15) is 9.59 Å². The van der Waals surface area contributed by atoms with Crippen molar-refractivity contribution in [2.45, 2.75) is 0 Å². The SMILES string of the molecule is [CH2-]/C=C/C(=O)c1ccccc1C(=O)OC.[V]. The molecule has 0 saturated carbocycles. The van der Waals surface area contributed by atoms with Crippen molar-refractivity contribution in [3.63, 3.8) is 0 Å². The number of allylic oxidation sites excluding steroid dienone is 2. The molecule has 0 spiro atoms. The maximum absolute atomic E-state index is 11.6. The van der Waals surface area contributed by atoms with Crippen LogP contribution in [0.4, 0.5) is 0 Å². The summed E-state index contributed by atoms with van der Waals surface area (Å²) in [4.78, 5) is 22.9. The van der Waals surface area contributed by atoms with E-state index in [1.54, 1.807) is 24.3 Å². The van der Waals surface area contributed by atoms with Gasteiger partial charge in [-0.05, 0) is 6.07 Å². The summed E-state index contributed by atoms with van der Waals surface area (Å²) in [6.07, 6.45) is 2.69. The summed E-state index contributed by atoms with van der Waals surface area (Å²) < 4.78 is 4.57. The first-order valence-electron chi connectivity index (χ1n) is 4.38. The van der Waals surface area contributed by atoms with E-state index in [-0.39, 0.29) is 29.9 Å². The fourth-order valence-corrected chi connectivity index (χ4v) is 1.18. The van der Waals surface area contributed by atoms with E-state index < -0.39 is 5.97 Å². The maximum Gasteiger partial charge on any atom is 0.338 e. The summed E-state index contributed by atoms with van der Waals surface area (Å²) in [5.41, 5.74) is 0.590. The molecule has 0 unspecified atom stereocenters. The molecule has 0 heterocycles. The van der Waals surface area contributed by atoms with E-state index in [2.05, 4.69) is 11.7 Å². The van der Waals surface area contributed by atoms with Crippen LogP contribution in [0.2, 0.25) is 0 Å². The first kappa shape index (κ1) is 14.6. The van der Waals surface area contributed by atoms with Crippen molar-refractivity contribution in [3.05, 3.63) is 54.5 Å². The third-order valence-electron chi connectivity index (χ3n) is 1.87. The van der Waals surface area contributed by atoms with Crippen LogP contribution < -0.4 is 0 Å². The van der Waals surface area contributed by atoms with Gasteiger partial charge in [0.2, 0.25) is 0 Å². The van der Waals surface area contributed by atoms with E-state index in [1.165, 1.54) is 19.3 Å². The largest absolute Gasteiger partial charge is 0.465 e. The Labute approximate surface area is 106 Å². The summed E-state index contributed by atoms with van der Waals surface area (Å²) in [7, 11) is 1.28. The second-order valence-electron chi connectivity index (χ2n) is 2.80. The Balaban J connectivity index is 0.00000225. The van der Waals surface area contributed by atoms with Gasteiger partial charge < -0.3 is 9.53 Å². The average molecular weight is 254 g/mol. The number of benzene rings is 1. The number of hydrogen-bond donors (Lipinski definition) is 0. The Morgan fingerprint density at radius 1 is 1.25 bits per heavy atom. The molecule has 1 rings (SSSR count). The molecule has 0 aliphatic rings. The van der Waals surface area contributed by atoms with Gasteiger partial charge in [-0.25, -0.2) is 17.8 Å². The molecule has 16 heavy (non-hydrogen) atoms. The minimum atomic E-state index is -0.517. The van der Waals surface area contributed by atoms with Gasteiger partial charge in [0, 0.05) is 24.1 Å². The summed E-state index contributed by atoms with van der Waals surface area (Å²) in [5, 5.41) is 0. The van der Waals surface area contributed by atoms with Crippen molar-refractivity contribution in [2.75, 3.05) is 7.11 Å². The zero-order valence-electron chi connectivity index (χ0n) is 8.84. The van der Waals surface area contributed by atoms with Crippen LogP contribution in [0, 0.1) is 6.92 Å². The van der Waals surface area contributed by atoms with Crippen molar-refractivity contribution in [1.29, 1.82) is 0 Å². The van der Waals surface area contributed by atoms with E-state index in [4.69, 9.17) is 0 Å². The number of carbonyl (C=O) groups excluding carboxylic acids is 2. The molecule has 1 radical (unpaired) electrons. The van der Waals surface area contributed by atoms with Gasteiger partial charge in [0.25, 0.3) is 0 Å². The molecule has 0 fully saturated rings. The number of esters is 1. The Morgan fingerprint density at radius 3 is 2.31 bits per heavy atom. The summed E-state index contributed by atoms with van der Waals surface area (Å²) in [6, 6.07) is 6.50. The maximum atomic E-state index is 11.6. The minimum Gasteiger partial charge on any atom is -0.465 e. The Kier molecular flexibility index (Phi) is 6.31. The third kappa shape index (κ3) is 3.29. The third-order valence-corrected chi connectivity index (χ3v) is 1.87. The fourth-order valence-electron chi connectivity index (χ4n) is 1.18. The molecule has 0 amide bonds. The van der Waals surface area contributed by atoms with Crippen LogP contribution in [-0.2, 0) is 23.3 Å². The Hall–Kier alpha value is -1.45. The molecule has 0 aliphatic carbocycles. The number of methoxy groups -OCH3 is 1. The fraction of sp³-hybridized carbons (Fsp3) is 0.0833. The second-order valence-corrected chi connectivity index (χ2v) is 2.80. The number of ether oxygens (including phenoxy) is 1. The van der Waals surface area contributed by atoms with Gasteiger partial charge in [-0.15, -0.1) is 0 Å². The molecule has 0 atom stereocenters. The van der Waals surface area contributed by atoms with Crippen LogP contribution in [0.5, 0.6) is 0 Å². The molecular weight excluding hydrogens is 243 g/mol. The zero-order valence-corrected chi connectivity index (χ0v) is 10.2. The Bertz CT molecular complexity index is 410. The smallest absolute Gasteiger partial charge is 0.338 e. The van der Waals surface area contributed by atoms with E-state index in [0.29, 0.717) is 5.56 Å². The van der Waals surface area contributed by atoms with Gasteiger partial charge in [-0.1, -0.05) is 18.2 Å². The van der Waals surface area contributed by atoms with Gasteiger partial charge in [0.1, 0.15) is 5.78 Å². The van der Waals surface area contributed by atoms with E-state index >= 15 is 0 Å². The van der Waals surface area contributed by atoms with Crippen LogP contribution in [-0.4, -0.2) is 18.9 Å². The number of hydrogen-bond acceptors (Lipinski definition) is 3. The van der Waals surface area contributed by atoms with E-state index in [0.717, 1.165) is 0 Å². The summed E-state index contributed by atoms with van der Waals surface area (Å²) in [5.74, 6) is -0.776. The molecule has 1 aromatic carbocycles. The predicted molar refractivity (Wildman–Crippen MR) is 56.6 cm³/mol. The molecule has 83 valence electrons. The number of carbonyl (C=O) groups is 2. The number of rotatable bonds is 3. The zero-order chi connectivity index (χ0) is 11.3. The van der Waals surface area contributed by atoms with Crippen molar-refractivity contribution >= 4 is 11.8 Å². The average Bonchev–Trinajstić information content (AvgIpc) is 2.28. The second kappa shape index (κ2) is 6.93. The predicted octanol–water partition coefficient (Wildman–Crippen LogP) is 2.04. The first-order chi connectivity index (χ1) is 7.20. The van der Waals surface area contributed by atoms with Crippen molar-refractivity contribution in [2.24, 2.45) is 0 Å². The van der Waals surface area contributed by atoms with E-state index in [1.807, 2.05) is 0 Å². The normalized spacial score (nSPS) is 9.56. The molecule has 3 nitrogen and oxygen atoms in total. The van der Waals surface area contributed by atoms with Crippen LogP contribution in [0.15, 0.2) is 36.4 Å². The molecule has 0 aromatic heterocycles. The molecule has 0 N–H and O–H groups in total. The molecule has 0 saturated heterocycles. The Morgan fingerprint density at radius 2 is 1.81 bits per heavy atom. The monoisotopic (exact) mass is 254 g/mol. The molecule has 0 bridgehead atoms.